The van der Waals surface area contributed by atoms with E-state index in [1.165, 1.54) is 18.5 Å². The lowest BCUT2D eigenvalue weighted by atomic mass is 9.93. The number of hydrogen-bond donors (Lipinski definition) is 2. The average molecular weight is 454 g/mol. The highest BCUT2D eigenvalue weighted by Crippen LogP contribution is 2.39. The number of carbonyl (C=O) groups excluding carboxylic acids is 3. The van der Waals surface area contributed by atoms with Gasteiger partial charge in [-0.05, 0) is 50.3 Å². The third kappa shape index (κ3) is 4.00. The van der Waals surface area contributed by atoms with Gasteiger partial charge >= 0.3 is 0 Å². The first kappa shape index (κ1) is 21.6. The van der Waals surface area contributed by atoms with Crippen LogP contribution < -0.4 is 10.6 Å². The summed E-state index contributed by atoms with van der Waals surface area (Å²) in [6, 6.07) is 5.99. The number of rotatable bonds is 6. The van der Waals surface area contributed by atoms with E-state index in [0.29, 0.717) is 0 Å². The number of carbonyl (C=O) groups is 3. The van der Waals surface area contributed by atoms with Crippen molar-refractivity contribution < 1.29 is 18.8 Å². The van der Waals surface area contributed by atoms with Crippen LogP contribution in [0.15, 0.2) is 30.6 Å². The van der Waals surface area contributed by atoms with Crippen LogP contribution in [0.1, 0.15) is 72.0 Å². The second kappa shape index (κ2) is 8.28. The summed E-state index contributed by atoms with van der Waals surface area (Å²) in [7, 11) is 0. The highest BCUT2D eigenvalue weighted by atomic mass is 19.1. The van der Waals surface area contributed by atoms with Crippen LogP contribution in [0.3, 0.4) is 0 Å². The highest BCUT2D eigenvalue weighted by Gasteiger charge is 2.54. The minimum Gasteiger partial charge on any atom is -0.351 e. The van der Waals surface area contributed by atoms with E-state index in [1.807, 2.05) is 6.92 Å². The molecule has 5 rings (SSSR count). The Morgan fingerprint density at radius 2 is 1.85 bits per heavy atom. The van der Waals surface area contributed by atoms with Crippen molar-refractivity contribution in [3.05, 3.63) is 53.4 Å². The summed E-state index contributed by atoms with van der Waals surface area (Å²) in [6.07, 6.45) is 7.30. The fraction of sp³-hybridized carbons (Fsp3) is 0.500. The van der Waals surface area contributed by atoms with Gasteiger partial charge in [-0.1, -0.05) is 25.0 Å². The first-order chi connectivity index (χ1) is 15.9. The minimum absolute atomic E-state index is 0.00407. The van der Waals surface area contributed by atoms with Gasteiger partial charge in [-0.3, -0.25) is 14.4 Å². The molecule has 1 atom stereocenters. The molecule has 174 valence electrons. The summed E-state index contributed by atoms with van der Waals surface area (Å²) in [5.74, 6) is -1.30. The van der Waals surface area contributed by atoms with Crippen LogP contribution in [0.2, 0.25) is 0 Å². The Balaban J connectivity index is 1.38. The van der Waals surface area contributed by atoms with Crippen LogP contribution in [-0.2, 0) is 17.9 Å². The normalized spacial score (nSPS) is 22.8. The molecule has 3 aliphatic rings. The second-order valence-electron chi connectivity index (χ2n) is 9.51. The molecule has 2 N–H and O–H groups in total. The summed E-state index contributed by atoms with van der Waals surface area (Å²) < 4.78 is 14.7. The van der Waals surface area contributed by atoms with Crippen LogP contribution in [0.25, 0.3) is 0 Å². The first-order valence-electron chi connectivity index (χ1n) is 11.6. The van der Waals surface area contributed by atoms with Crippen molar-refractivity contribution in [2.24, 2.45) is 0 Å². The molecule has 0 spiro atoms. The van der Waals surface area contributed by atoms with Crippen LogP contribution >= 0.6 is 0 Å². The van der Waals surface area contributed by atoms with Crippen molar-refractivity contribution >= 4 is 17.7 Å². The molecule has 2 fully saturated rings. The molecule has 1 aromatic carbocycles. The van der Waals surface area contributed by atoms with Crippen LogP contribution in [0.4, 0.5) is 4.39 Å². The third-order valence-electron chi connectivity index (χ3n) is 6.94. The molecule has 1 unspecified atom stereocenters. The largest absolute Gasteiger partial charge is 0.351 e. The third-order valence-corrected chi connectivity index (χ3v) is 6.94. The van der Waals surface area contributed by atoms with Crippen molar-refractivity contribution in [1.29, 1.82) is 0 Å². The predicted molar refractivity (Wildman–Crippen MR) is 118 cm³/mol. The van der Waals surface area contributed by atoms with Crippen LogP contribution in [0.5, 0.6) is 0 Å². The quantitative estimate of drug-likeness (QED) is 0.702. The van der Waals surface area contributed by atoms with Gasteiger partial charge in [-0.25, -0.2) is 9.37 Å². The lowest BCUT2D eigenvalue weighted by Gasteiger charge is -2.44. The van der Waals surface area contributed by atoms with E-state index in [0.717, 1.165) is 44.1 Å². The van der Waals surface area contributed by atoms with Crippen molar-refractivity contribution in [2.75, 3.05) is 0 Å². The van der Waals surface area contributed by atoms with Crippen molar-refractivity contribution in [3.8, 4) is 0 Å². The van der Waals surface area contributed by atoms with E-state index in [9.17, 15) is 18.8 Å². The highest BCUT2D eigenvalue weighted by molar-refractivity contribution is 6.07. The Kier molecular flexibility index (Phi) is 5.42. The van der Waals surface area contributed by atoms with Crippen molar-refractivity contribution in [2.45, 2.75) is 76.2 Å². The Morgan fingerprint density at radius 3 is 2.52 bits per heavy atom. The summed E-state index contributed by atoms with van der Waals surface area (Å²) in [5.41, 5.74) is -0.0354. The summed E-state index contributed by atoms with van der Waals surface area (Å²) in [5, 5.41) is 5.91. The Labute approximate surface area is 191 Å². The molecule has 0 radical (unpaired) electrons. The molecule has 8 nitrogen and oxygen atoms in total. The molecule has 2 aromatic rings. The maximum absolute atomic E-state index is 13.6. The molecule has 0 bridgehead atoms. The van der Waals surface area contributed by atoms with E-state index in [1.54, 1.807) is 21.6 Å². The summed E-state index contributed by atoms with van der Waals surface area (Å²) >= 11 is 0. The number of hydrogen-bond acceptors (Lipinski definition) is 4. The number of amides is 3. The molecule has 0 saturated heterocycles. The molecule has 1 aliphatic heterocycles. The monoisotopic (exact) mass is 453 g/mol. The first-order valence-corrected chi connectivity index (χ1v) is 11.6. The average Bonchev–Trinajstić information content (AvgIpc) is 3.30. The van der Waals surface area contributed by atoms with Gasteiger partial charge < -0.3 is 20.1 Å². The fourth-order valence-electron chi connectivity index (χ4n) is 5.00. The van der Waals surface area contributed by atoms with E-state index in [2.05, 4.69) is 15.6 Å². The van der Waals surface area contributed by atoms with E-state index in [4.69, 9.17) is 0 Å². The van der Waals surface area contributed by atoms with Gasteiger partial charge in [0.25, 0.3) is 11.8 Å². The van der Waals surface area contributed by atoms with Gasteiger partial charge in [0.15, 0.2) is 5.69 Å². The topological polar surface area (TPSA) is 96.3 Å². The molecular formula is C24H28FN5O3. The number of halogens is 1. The van der Waals surface area contributed by atoms with Gasteiger partial charge in [-0.2, -0.15) is 0 Å². The molecule has 2 aliphatic carbocycles. The Bertz CT molecular complexity index is 1090. The second-order valence-corrected chi connectivity index (χ2v) is 9.51. The van der Waals surface area contributed by atoms with E-state index < -0.39 is 11.4 Å². The number of nitrogens with one attached hydrogen (secondary N) is 2. The van der Waals surface area contributed by atoms with E-state index in [-0.39, 0.29) is 54.2 Å². The SMILES string of the molecule is CC1(C(=O)NC2CCCC2)Cn2cnc(C(=O)NCc3ccc(F)cc3)c2C(=O)N1C1CC1. The Morgan fingerprint density at radius 1 is 1.15 bits per heavy atom. The standard InChI is InChI=1S/C24H28FN5O3/c1-24(23(33)28-17-4-2-3-5-17)13-29-14-27-19(20(29)22(32)30(24)18-10-11-18)21(31)26-12-15-6-8-16(25)9-7-15/h6-9,14,17-18H,2-5,10-13H2,1H3,(H,26,31)(H,28,33). The van der Waals surface area contributed by atoms with Crippen molar-refractivity contribution in [3.63, 3.8) is 0 Å². The zero-order valence-electron chi connectivity index (χ0n) is 18.6. The zero-order chi connectivity index (χ0) is 23.2. The van der Waals surface area contributed by atoms with Crippen LogP contribution in [0, 0.1) is 5.82 Å². The maximum atomic E-state index is 13.6. The summed E-state index contributed by atoms with van der Waals surface area (Å²) in [6.45, 7) is 2.25. The van der Waals surface area contributed by atoms with Gasteiger partial charge in [0.1, 0.15) is 17.1 Å². The number of imidazole rings is 1. The molecule has 1 aromatic heterocycles. The molecule has 9 heteroatoms. The van der Waals surface area contributed by atoms with Gasteiger partial charge in [0.05, 0.1) is 12.9 Å². The van der Waals surface area contributed by atoms with Crippen LogP contribution in [-0.4, -0.2) is 49.8 Å². The zero-order valence-corrected chi connectivity index (χ0v) is 18.6. The van der Waals surface area contributed by atoms with Gasteiger partial charge in [-0.15, -0.1) is 0 Å². The number of fused-ring (bicyclic) bond motifs is 1. The number of nitrogens with zero attached hydrogens (tertiary/aromatic N) is 3. The molecule has 2 heterocycles. The number of aromatic nitrogens is 2. The molecule has 2 saturated carbocycles. The fourth-order valence-corrected chi connectivity index (χ4v) is 5.00. The van der Waals surface area contributed by atoms with E-state index >= 15 is 0 Å². The molecule has 33 heavy (non-hydrogen) atoms. The lowest BCUT2D eigenvalue weighted by Crippen LogP contribution is -2.65. The smallest absolute Gasteiger partial charge is 0.274 e. The maximum Gasteiger partial charge on any atom is 0.274 e. The van der Waals surface area contributed by atoms with Gasteiger partial charge in [0, 0.05) is 18.6 Å². The van der Waals surface area contributed by atoms with Crippen molar-refractivity contribution in [1.82, 2.24) is 25.1 Å². The Hall–Kier alpha value is -3.23. The number of benzene rings is 1. The van der Waals surface area contributed by atoms with Gasteiger partial charge in [0.2, 0.25) is 5.91 Å². The minimum atomic E-state index is -1.03. The molecule has 3 amide bonds. The lowest BCUT2D eigenvalue weighted by molar-refractivity contribution is -0.134. The molecular weight excluding hydrogens is 425 g/mol. The predicted octanol–water partition coefficient (Wildman–Crippen LogP) is 2.39. The summed E-state index contributed by atoms with van der Waals surface area (Å²) in [4.78, 5) is 45.7.